The van der Waals surface area contributed by atoms with Crippen molar-refractivity contribution in [3.8, 4) is 5.75 Å². The number of carbonyl (C=O) groups is 2. The van der Waals surface area contributed by atoms with Crippen LogP contribution in [-0.2, 0) is 11.4 Å². The van der Waals surface area contributed by atoms with E-state index in [0.717, 1.165) is 11.3 Å². The number of ether oxygens (including phenoxy) is 1. The molecule has 5 nitrogen and oxygen atoms in total. The lowest BCUT2D eigenvalue weighted by molar-refractivity contribution is -0.118. The van der Waals surface area contributed by atoms with Gasteiger partial charge >= 0.3 is 0 Å². The molecule has 148 valence electrons. The van der Waals surface area contributed by atoms with E-state index in [1.165, 1.54) is 0 Å². The van der Waals surface area contributed by atoms with Crippen molar-refractivity contribution in [2.45, 2.75) is 20.5 Å². The SMILES string of the molecule is CC(C)C(=O)Nc1cccc(C(=O)Nc2ccc(OCc3ccccc3)cc2)c1. The lowest BCUT2D eigenvalue weighted by atomic mass is 10.1. The highest BCUT2D eigenvalue weighted by Gasteiger charge is 2.10. The topological polar surface area (TPSA) is 67.4 Å². The second kappa shape index (κ2) is 9.55. The molecular weight excluding hydrogens is 364 g/mol. The predicted molar refractivity (Wildman–Crippen MR) is 115 cm³/mol. The second-order valence-corrected chi connectivity index (χ2v) is 6.98. The van der Waals surface area contributed by atoms with Gasteiger partial charge in [0.05, 0.1) is 0 Å². The summed E-state index contributed by atoms with van der Waals surface area (Å²) < 4.78 is 5.76. The minimum atomic E-state index is -0.247. The molecule has 0 aromatic heterocycles. The smallest absolute Gasteiger partial charge is 0.255 e. The maximum Gasteiger partial charge on any atom is 0.255 e. The molecule has 0 saturated carbocycles. The van der Waals surface area contributed by atoms with Crippen LogP contribution in [0.5, 0.6) is 5.75 Å². The van der Waals surface area contributed by atoms with Gasteiger partial charge in [0.15, 0.2) is 0 Å². The van der Waals surface area contributed by atoms with Gasteiger partial charge in [0, 0.05) is 22.9 Å². The van der Waals surface area contributed by atoms with Crippen LogP contribution in [0.25, 0.3) is 0 Å². The number of anilines is 2. The maximum atomic E-state index is 12.5. The minimum Gasteiger partial charge on any atom is -0.489 e. The number of hydrogen-bond acceptors (Lipinski definition) is 3. The second-order valence-electron chi connectivity index (χ2n) is 6.98. The molecule has 2 N–H and O–H groups in total. The van der Waals surface area contributed by atoms with Crippen LogP contribution in [0.3, 0.4) is 0 Å². The molecule has 0 spiro atoms. The molecule has 0 unspecified atom stereocenters. The molecule has 0 radical (unpaired) electrons. The number of amides is 2. The van der Waals surface area contributed by atoms with E-state index in [2.05, 4.69) is 10.6 Å². The number of benzene rings is 3. The lowest BCUT2D eigenvalue weighted by Crippen LogP contribution is -2.18. The molecule has 0 bridgehead atoms. The van der Waals surface area contributed by atoms with Gasteiger partial charge in [-0.2, -0.15) is 0 Å². The first-order chi connectivity index (χ1) is 14.0. The van der Waals surface area contributed by atoms with Crippen LogP contribution in [0.15, 0.2) is 78.9 Å². The van der Waals surface area contributed by atoms with Crippen molar-refractivity contribution < 1.29 is 14.3 Å². The van der Waals surface area contributed by atoms with Gasteiger partial charge in [-0.25, -0.2) is 0 Å². The molecule has 5 heteroatoms. The van der Waals surface area contributed by atoms with Gasteiger partial charge in [-0.3, -0.25) is 9.59 Å². The summed E-state index contributed by atoms with van der Waals surface area (Å²) in [5.41, 5.74) is 2.82. The summed E-state index contributed by atoms with van der Waals surface area (Å²) in [4.78, 5) is 24.4. The summed E-state index contributed by atoms with van der Waals surface area (Å²) in [7, 11) is 0. The largest absolute Gasteiger partial charge is 0.489 e. The van der Waals surface area contributed by atoms with Gasteiger partial charge in [-0.05, 0) is 48.0 Å². The third-order valence-corrected chi connectivity index (χ3v) is 4.28. The highest BCUT2D eigenvalue weighted by molar-refractivity contribution is 6.05. The van der Waals surface area contributed by atoms with Crippen molar-refractivity contribution in [1.29, 1.82) is 0 Å². The van der Waals surface area contributed by atoms with E-state index in [0.29, 0.717) is 23.5 Å². The Balaban J connectivity index is 1.58. The Morgan fingerprint density at radius 2 is 1.55 bits per heavy atom. The van der Waals surface area contributed by atoms with E-state index >= 15 is 0 Å². The minimum absolute atomic E-state index is 0.0892. The van der Waals surface area contributed by atoms with E-state index in [-0.39, 0.29) is 17.7 Å². The molecule has 3 aromatic carbocycles. The molecule has 0 fully saturated rings. The van der Waals surface area contributed by atoms with Gasteiger partial charge in [0.1, 0.15) is 12.4 Å². The van der Waals surface area contributed by atoms with Crippen molar-refractivity contribution in [2.24, 2.45) is 5.92 Å². The summed E-state index contributed by atoms with van der Waals surface area (Å²) in [5, 5.41) is 5.66. The summed E-state index contributed by atoms with van der Waals surface area (Å²) in [6.07, 6.45) is 0. The molecule has 0 aliphatic rings. The van der Waals surface area contributed by atoms with Crippen LogP contribution < -0.4 is 15.4 Å². The number of rotatable bonds is 7. The molecule has 2 amide bonds. The van der Waals surface area contributed by atoms with E-state index in [1.54, 1.807) is 36.4 Å². The summed E-state index contributed by atoms with van der Waals surface area (Å²) in [6, 6.07) is 24.0. The van der Waals surface area contributed by atoms with Gasteiger partial charge in [-0.15, -0.1) is 0 Å². The molecule has 0 atom stereocenters. The molecule has 3 rings (SSSR count). The van der Waals surface area contributed by atoms with Crippen LogP contribution in [0, 0.1) is 5.92 Å². The number of nitrogens with one attached hydrogen (secondary N) is 2. The standard InChI is InChI=1S/C24H24N2O3/c1-17(2)23(27)26-21-10-6-9-19(15-21)24(28)25-20-11-13-22(14-12-20)29-16-18-7-4-3-5-8-18/h3-15,17H,16H2,1-2H3,(H,25,28)(H,26,27). The van der Waals surface area contributed by atoms with Crippen molar-refractivity contribution >= 4 is 23.2 Å². The Hall–Kier alpha value is -3.60. The van der Waals surface area contributed by atoms with Crippen molar-refractivity contribution in [3.05, 3.63) is 90.0 Å². The third-order valence-electron chi connectivity index (χ3n) is 4.28. The first-order valence-corrected chi connectivity index (χ1v) is 9.50. The highest BCUT2D eigenvalue weighted by atomic mass is 16.5. The Morgan fingerprint density at radius 1 is 0.828 bits per heavy atom. The fraction of sp³-hybridized carbons (Fsp3) is 0.167. The molecule has 0 aliphatic heterocycles. The fourth-order valence-electron chi connectivity index (χ4n) is 2.60. The van der Waals surface area contributed by atoms with Crippen molar-refractivity contribution in [3.63, 3.8) is 0 Å². The number of hydrogen-bond donors (Lipinski definition) is 2. The molecule has 3 aromatic rings. The van der Waals surface area contributed by atoms with Crippen LogP contribution >= 0.6 is 0 Å². The van der Waals surface area contributed by atoms with E-state index < -0.39 is 0 Å². The third kappa shape index (κ3) is 5.94. The highest BCUT2D eigenvalue weighted by Crippen LogP contribution is 2.19. The zero-order chi connectivity index (χ0) is 20.6. The maximum absolute atomic E-state index is 12.5. The van der Waals surface area contributed by atoms with Crippen molar-refractivity contribution in [2.75, 3.05) is 10.6 Å². The Bertz CT molecular complexity index is 967. The Kier molecular flexibility index (Phi) is 6.63. The monoisotopic (exact) mass is 388 g/mol. The van der Waals surface area contributed by atoms with E-state index in [4.69, 9.17) is 4.74 Å². The molecule has 0 heterocycles. The van der Waals surface area contributed by atoms with Crippen LogP contribution in [0.4, 0.5) is 11.4 Å². The molecule has 0 saturated heterocycles. The first-order valence-electron chi connectivity index (χ1n) is 9.50. The van der Waals surface area contributed by atoms with Crippen LogP contribution in [0.2, 0.25) is 0 Å². The molecule has 0 aliphatic carbocycles. The summed E-state index contributed by atoms with van der Waals surface area (Å²) >= 11 is 0. The van der Waals surface area contributed by atoms with Crippen LogP contribution in [0.1, 0.15) is 29.8 Å². The van der Waals surface area contributed by atoms with Crippen molar-refractivity contribution in [1.82, 2.24) is 0 Å². The van der Waals surface area contributed by atoms with Crippen LogP contribution in [-0.4, -0.2) is 11.8 Å². The van der Waals surface area contributed by atoms with E-state index in [1.807, 2.05) is 56.3 Å². The Morgan fingerprint density at radius 3 is 2.24 bits per heavy atom. The summed E-state index contributed by atoms with van der Waals surface area (Å²) in [6.45, 7) is 4.12. The van der Waals surface area contributed by atoms with E-state index in [9.17, 15) is 9.59 Å². The zero-order valence-electron chi connectivity index (χ0n) is 16.5. The number of carbonyl (C=O) groups excluding carboxylic acids is 2. The average molecular weight is 388 g/mol. The molecular formula is C24H24N2O3. The van der Waals surface area contributed by atoms with Gasteiger partial charge < -0.3 is 15.4 Å². The molecule has 29 heavy (non-hydrogen) atoms. The fourth-order valence-corrected chi connectivity index (χ4v) is 2.60. The van der Waals surface area contributed by atoms with Gasteiger partial charge in [-0.1, -0.05) is 50.2 Å². The predicted octanol–water partition coefficient (Wildman–Crippen LogP) is 5.11. The quantitative estimate of drug-likeness (QED) is 0.591. The first kappa shape index (κ1) is 20.1. The Labute approximate surface area is 170 Å². The van der Waals surface area contributed by atoms with Gasteiger partial charge in [0.2, 0.25) is 5.91 Å². The normalized spacial score (nSPS) is 10.4. The zero-order valence-corrected chi connectivity index (χ0v) is 16.5. The van der Waals surface area contributed by atoms with Gasteiger partial charge in [0.25, 0.3) is 5.91 Å². The lowest BCUT2D eigenvalue weighted by Gasteiger charge is -2.10. The summed E-state index contributed by atoms with van der Waals surface area (Å²) in [5.74, 6) is 0.262. The average Bonchev–Trinajstić information content (AvgIpc) is 2.74.